The zero-order chi connectivity index (χ0) is 21.7. The SMILES string of the molecule is Nc1ccccc1S(=O)(=O)NCC1CCC(CNCc2ccc3ccccc3c2)CC1. The fraction of sp³-hybridized carbons (Fsp3) is 0.360. The fourth-order valence-electron chi connectivity index (χ4n) is 4.44. The topological polar surface area (TPSA) is 84.2 Å². The molecule has 0 spiro atoms. The van der Waals surface area contributed by atoms with Crippen molar-refractivity contribution in [1.29, 1.82) is 0 Å². The quantitative estimate of drug-likeness (QED) is 0.459. The van der Waals surface area contributed by atoms with Crippen LogP contribution < -0.4 is 15.8 Å². The highest BCUT2D eigenvalue weighted by molar-refractivity contribution is 7.89. The molecule has 6 heteroatoms. The number of sulfonamides is 1. The van der Waals surface area contributed by atoms with Crippen molar-refractivity contribution in [3.63, 3.8) is 0 Å². The van der Waals surface area contributed by atoms with E-state index >= 15 is 0 Å². The van der Waals surface area contributed by atoms with Crippen LogP contribution in [-0.2, 0) is 16.6 Å². The summed E-state index contributed by atoms with van der Waals surface area (Å²) in [5.74, 6) is 1.04. The Balaban J connectivity index is 1.19. The van der Waals surface area contributed by atoms with Gasteiger partial charge in [-0.3, -0.25) is 0 Å². The zero-order valence-corrected chi connectivity index (χ0v) is 18.6. The Kier molecular flexibility index (Phi) is 6.90. The predicted octanol–water partition coefficient (Wildman–Crippen LogP) is 4.30. The molecule has 5 nitrogen and oxygen atoms in total. The van der Waals surface area contributed by atoms with E-state index in [1.165, 1.54) is 16.3 Å². The van der Waals surface area contributed by atoms with Crippen molar-refractivity contribution in [2.75, 3.05) is 18.8 Å². The molecule has 4 rings (SSSR count). The molecule has 1 fully saturated rings. The maximum absolute atomic E-state index is 12.5. The van der Waals surface area contributed by atoms with E-state index in [0.717, 1.165) is 38.8 Å². The molecule has 0 saturated heterocycles. The van der Waals surface area contributed by atoms with E-state index in [9.17, 15) is 8.42 Å². The van der Waals surface area contributed by atoms with E-state index in [2.05, 4.69) is 52.5 Å². The van der Waals surface area contributed by atoms with Gasteiger partial charge >= 0.3 is 0 Å². The van der Waals surface area contributed by atoms with Gasteiger partial charge in [-0.1, -0.05) is 48.5 Å². The monoisotopic (exact) mass is 437 g/mol. The van der Waals surface area contributed by atoms with Crippen LogP contribution in [-0.4, -0.2) is 21.5 Å². The van der Waals surface area contributed by atoms with Crippen LogP contribution in [0.15, 0.2) is 71.6 Å². The van der Waals surface area contributed by atoms with E-state index in [1.54, 1.807) is 24.3 Å². The molecule has 164 valence electrons. The van der Waals surface area contributed by atoms with E-state index in [0.29, 0.717) is 18.4 Å². The van der Waals surface area contributed by atoms with Crippen molar-refractivity contribution in [2.24, 2.45) is 11.8 Å². The molecule has 0 amide bonds. The van der Waals surface area contributed by atoms with Crippen LogP contribution in [0.25, 0.3) is 10.8 Å². The van der Waals surface area contributed by atoms with Crippen LogP contribution in [0.2, 0.25) is 0 Å². The number of fused-ring (bicyclic) bond motifs is 1. The van der Waals surface area contributed by atoms with Gasteiger partial charge in [0.05, 0.1) is 5.69 Å². The van der Waals surface area contributed by atoms with Gasteiger partial charge in [0.25, 0.3) is 0 Å². The normalized spacial score (nSPS) is 19.5. The van der Waals surface area contributed by atoms with Crippen LogP contribution in [0.5, 0.6) is 0 Å². The number of nitrogens with one attached hydrogen (secondary N) is 2. The predicted molar refractivity (Wildman–Crippen MR) is 127 cm³/mol. The standard InChI is InChI=1S/C25H31N3O2S/c26-24-7-3-4-8-25(24)31(29,30)28-18-20-11-9-19(10-12-20)16-27-17-21-13-14-22-5-1-2-6-23(22)15-21/h1-8,13-15,19-20,27-28H,9-12,16-18,26H2. The zero-order valence-electron chi connectivity index (χ0n) is 17.8. The number of nitrogens with two attached hydrogens (primary N) is 1. The fourth-order valence-corrected chi connectivity index (χ4v) is 5.69. The van der Waals surface area contributed by atoms with Gasteiger partial charge in [0.2, 0.25) is 10.0 Å². The number of para-hydroxylation sites is 1. The lowest BCUT2D eigenvalue weighted by Crippen LogP contribution is -2.33. The van der Waals surface area contributed by atoms with Gasteiger partial charge < -0.3 is 11.1 Å². The Hall–Kier alpha value is -2.41. The molecule has 0 unspecified atom stereocenters. The van der Waals surface area contributed by atoms with Gasteiger partial charge in [-0.15, -0.1) is 0 Å². The molecule has 1 aliphatic rings. The Morgan fingerprint density at radius 2 is 1.45 bits per heavy atom. The molecule has 1 aliphatic carbocycles. The minimum absolute atomic E-state index is 0.168. The molecular weight excluding hydrogens is 406 g/mol. The summed E-state index contributed by atoms with van der Waals surface area (Å²) < 4.78 is 27.8. The third-order valence-corrected chi connectivity index (χ3v) is 7.81. The number of rotatable bonds is 8. The lowest BCUT2D eigenvalue weighted by atomic mass is 9.82. The van der Waals surface area contributed by atoms with Gasteiger partial charge in [-0.2, -0.15) is 0 Å². The first-order valence-corrected chi connectivity index (χ1v) is 12.5. The van der Waals surface area contributed by atoms with Crippen molar-refractivity contribution in [3.8, 4) is 0 Å². The molecule has 0 heterocycles. The first-order valence-electron chi connectivity index (χ1n) is 11.0. The second-order valence-corrected chi connectivity index (χ2v) is 10.3. The summed E-state index contributed by atoms with van der Waals surface area (Å²) in [5, 5.41) is 6.16. The summed E-state index contributed by atoms with van der Waals surface area (Å²) in [6.45, 7) is 2.36. The molecule has 3 aromatic rings. The smallest absolute Gasteiger partial charge is 0.242 e. The molecule has 0 bridgehead atoms. The summed E-state index contributed by atoms with van der Waals surface area (Å²) in [5.41, 5.74) is 7.42. The van der Waals surface area contributed by atoms with Crippen LogP contribution in [0.1, 0.15) is 31.2 Å². The number of hydrogen-bond donors (Lipinski definition) is 3. The van der Waals surface area contributed by atoms with Gasteiger partial charge in [0, 0.05) is 13.1 Å². The molecule has 0 aromatic heterocycles. The number of nitrogen functional groups attached to an aromatic ring is 1. The van der Waals surface area contributed by atoms with E-state index in [4.69, 9.17) is 5.73 Å². The minimum Gasteiger partial charge on any atom is -0.398 e. The number of hydrogen-bond acceptors (Lipinski definition) is 4. The molecule has 0 radical (unpaired) electrons. The summed E-state index contributed by atoms with van der Waals surface area (Å²) in [7, 11) is -3.55. The van der Waals surface area contributed by atoms with E-state index in [1.807, 2.05) is 0 Å². The Labute approximate surface area is 185 Å². The lowest BCUT2D eigenvalue weighted by molar-refractivity contribution is 0.268. The van der Waals surface area contributed by atoms with Crippen molar-refractivity contribution >= 4 is 26.5 Å². The second-order valence-electron chi connectivity index (χ2n) is 8.59. The van der Waals surface area contributed by atoms with Crippen LogP contribution in [0.3, 0.4) is 0 Å². The number of benzene rings is 3. The van der Waals surface area contributed by atoms with Crippen molar-refractivity contribution in [3.05, 3.63) is 72.3 Å². The number of anilines is 1. The molecule has 1 saturated carbocycles. The molecule has 0 atom stereocenters. The summed E-state index contributed by atoms with van der Waals surface area (Å²) in [6, 6.07) is 21.7. The van der Waals surface area contributed by atoms with Gasteiger partial charge in [-0.25, -0.2) is 13.1 Å². The summed E-state index contributed by atoms with van der Waals surface area (Å²) >= 11 is 0. The van der Waals surface area contributed by atoms with Gasteiger partial charge in [0.15, 0.2) is 0 Å². The highest BCUT2D eigenvalue weighted by Gasteiger charge is 2.23. The van der Waals surface area contributed by atoms with Crippen molar-refractivity contribution < 1.29 is 8.42 Å². The molecule has 31 heavy (non-hydrogen) atoms. The van der Waals surface area contributed by atoms with Crippen molar-refractivity contribution in [2.45, 2.75) is 37.1 Å². The summed E-state index contributed by atoms with van der Waals surface area (Å²) in [6.07, 6.45) is 4.36. The van der Waals surface area contributed by atoms with E-state index in [-0.39, 0.29) is 10.6 Å². The third kappa shape index (κ3) is 5.64. The Morgan fingerprint density at radius 3 is 2.19 bits per heavy atom. The molecule has 4 N–H and O–H groups in total. The van der Waals surface area contributed by atoms with E-state index < -0.39 is 10.0 Å². The summed E-state index contributed by atoms with van der Waals surface area (Å²) in [4.78, 5) is 0.168. The third-order valence-electron chi connectivity index (χ3n) is 6.31. The average molecular weight is 438 g/mol. The minimum atomic E-state index is -3.55. The molecular formula is C25H31N3O2S. The second kappa shape index (κ2) is 9.81. The highest BCUT2D eigenvalue weighted by Crippen LogP contribution is 2.28. The highest BCUT2D eigenvalue weighted by atomic mass is 32.2. The van der Waals surface area contributed by atoms with Crippen LogP contribution in [0, 0.1) is 11.8 Å². The van der Waals surface area contributed by atoms with Gasteiger partial charge in [-0.05, 0) is 78.6 Å². The van der Waals surface area contributed by atoms with Crippen LogP contribution in [0.4, 0.5) is 5.69 Å². The van der Waals surface area contributed by atoms with Crippen LogP contribution >= 0.6 is 0 Å². The maximum Gasteiger partial charge on any atom is 0.242 e. The Bertz CT molecular complexity index is 1120. The molecule has 3 aromatic carbocycles. The first kappa shape index (κ1) is 21.8. The lowest BCUT2D eigenvalue weighted by Gasteiger charge is -2.29. The largest absolute Gasteiger partial charge is 0.398 e. The molecule has 0 aliphatic heterocycles. The first-order chi connectivity index (χ1) is 15.0. The Morgan fingerprint density at radius 1 is 0.806 bits per heavy atom. The van der Waals surface area contributed by atoms with Crippen molar-refractivity contribution in [1.82, 2.24) is 10.0 Å². The average Bonchev–Trinajstić information content (AvgIpc) is 2.79. The van der Waals surface area contributed by atoms with Gasteiger partial charge in [0.1, 0.15) is 4.90 Å². The maximum atomic E-state index is 12.5.